The number of carbonyl (C=O) groups excluding carboxylic acids is 6. The van der Waals surface area contributed by atoms with E-state index in [9.17, 15) is 58.8 Å². The van der Waals surface area contributed by atoms with Crippen LogP contribution in [0.15, 0.2) is 121 Å². The number of hydrogen-bond acceptors (Lipinski definition) is 12. The highest BCUT2D eigenvalue weighted by Gasteiger charge is 2.48. The quantitative estimate of drug-likeness (QED) is 0.0473. The van der Waals surface area contributed by atoms with Crippen LogP contribution in [0.3, 0.4) is 0 Å². The van der Waals surface area contributed by atoms with Gasteiger partial charge in [-0.1, -0.05) is 149 Å². The Morgan fingerprint density at radius 3 is 1.46 bits per heavy atom. The minimum atomic E-state index is -1.55. The Kier molecular flexibility index (Phi) is 19.7. The molecule has 0 aliphatic carbocycles. The van der Waals surface area contributed by atoms with Crippen molar-refractivity contribution >= 4 is 47.7 Å². The first-order valence-electron chi connectivity index (χ1n) is 23.7. The highest BCUT2D eigenvalue weighted by molar-refractivity contribution is 5.97. The average Bonchev–Trinajstić information content (AvgIpc) is 3.76. The summed E-state index contributed by atoms with van der Waals surface area (Å²) in [6.45, 7) is 6.32. The zero-order valence-corrected chi connectivity index (χ0v) is 39.8. The second-order valence-corrected chi connectivity index (χ2v) is 18.6. The van der Waals surface area contributed by atoms with Crippen LogP contribution in [-0.2, 0) is 47.8 Å². The average molecular weight is 961 g/mol. The topological polar surface area (TPSA) is 251 Å². The van der Waals surface area contributed by atoms with Gasteiger partial charge in [-0.2, -0.15) is 0 Å². The monoisotopic (exact) mass is 960 g/mol. The number of benzene rings is 4. The van der Waals surface area contributed by atoms with E-state index < -0.39 is 101 Å². The molecule has 2 saturated heterocycles. The number of esters is 4. The maximum absolute atomic E-state index is 13.5. The molecule has 0 aromatic heterocycles. The van der Waals surface area contributed by atoms with Crippen molar-refractivity contribution in [3.05, 3.63) is 144 Å². The van der Waals surface area contributed by atoms with E-state index in [1.807, 2.05) is 105 Å². The number of carbonyl (C=O) groups is 8. The van der Waals surface area contributed by atoms with E-state index in [0.717, 1.165) is 16.7 Å². The van der Waals surface area contributed by atoms with Crippen LogP contribution in [0.5, 0.6) is 0 Å². The Morgan fingerprint density at radius 1 is 0.571 bits per heavy atom. The van der Waals surface area contributed by atoms with Crippen LogP contribution in [0.2, 0.25) is 0 Å². The molecule has 6 rings (SSSR count). The molecule has 0 radical (unpaired) electrons. The van der Waals surface area contributed by atoms with Crippen LogP contribution in [0.1, 0.15) is 106 Å². The van der Waals surface area contributed by atoms with Gasteiger partial charge in [0.15, 0.2) is 0 Å². The van der Waals surface area contributed by atoms with E-state index in [1.165, 1.54) is 6.92 Å². The predicted molar refractivity (Wildman–Crippen MR) is 253 cm³/mol. The predicted octanol–water partition coefficient (Wildman–Crippen LogP) is 6.26. The highest BCUT2D eigenvalue weighted by Crippen LogP contribution is 2.44. The van der Waals surface area contributed by atoms with Gasteiger partial charge >= 0.3 is 35.8 Å². The van der Waals surface area contributed by atoms with Crippen LogP contribution in [-0.4, -0.2) is 76.2 Å². The number of carboxylic acid groups (broad SMARTS) is 3. The summed E-state index contributed by atoms with van der Waals surface area (Å²) in [4.78, 5) is 99.3. The molecule has 0 spiro atoms. The minimum Gasteiger partial charge on any atom is -0.550 e. The summed E-state index contributed by atoms with van der Waals surface area (Å²) in [7, 11) is 0. The van der Waals surface area contributed by atoms with Gasteiger partial charge in [0.1, 0.15) is 0 Å². The molecule has 12 unspecified atom stereocenters. The molecule has 372 valence electrons. The fourth-order valence-electron chi connectivity index (χ4n) is 9.83. The smallest absolute Gasteiger partial charge is 0.317 e. The number of cyclic esters (lactones) is 4. The van der Waals surface area contributed by atoms with Crippen molar-refractivity contribution in [2.24, 2.45) is 47.3 Å². The molecule has 12 atom stereocenters. The summed E-state index contributed by atoms with van der Waals surface area (Å²) in [6.07, 6.45) is 1.02. The van der Waals surface area contributed by atoms with Crippen LogP contribution in [0.25, 0.3) is 0 Å². The summed E-state index contributed by atoms with van der Waals surface area (Å²) >= 11 is 0. The van der Waals surface area contributed by atoms with Crippen molar-refractivity contribution < 1.29 is 68.3 Å². The number of amides is 1. The summed E-state index contributed by atoms with van der Waals surface area (Å²) in [6, 6.07) is 37.1. The third-order valence-corrected chi connectivity index (χ3v) is 14.0. The lowest BCUT2D eigenvalue weighted by Gasteiger charge is -2.35. The lowest BCUT2D eigenvalue weighted by atomic mass is 9.69. The number of hydrogen-bond donors (Lipinski definition) is 4. The molecule has 2 aliphatic rings. The number of nitrogens with one attached hydrogen (secondary N) is 1. The molecule has 4 aromatic carbocycles. The lowest BCUT2D eigenvalue weighted by molar-refractivity contribution is -0.312. The molecular formula is C55H62NO14-. The van der Waals surface area contributed by atoms with Gasteiger partial charge in [-0.3, -0.25) is 33.6 Å². The Bertz CT molecular complexity index is 2410. The SMILES string of the molecule is CC(CC(C(=O)O)C(C(=O)NCCO)C(CC(C(=O)O)C(C)C(=O)[O-])c1ccccc1)c1ccccc1.CC(CC1C(=O)OC(=O)C1CC(CC1C(=O)OC(=O)C1C)c1ccccc1)c1ccccc1. The fourth-order valence-corrected chi connectivity index (χ4v) is 9.83. The second kappa shape index (κ2) is 25.6. The number of aliphatic hydroxyl groups is 1. The molecule has 15 heteroatoms. The first kappa shape index (κ1) is 53.9. The molecule has 4 aromatic rings. The number of aliphatic hydroxyl groups excluding tert-OH is 1. The van der Waals surface area contributed by atoms with E-state index in [0.29, 0.717) is 24.8 Å². The van der Waals surface area contributed by atoms with Crippen molar-refractivity contribution in [3.63, 3.8) is 0 Å². The molecule has 2 fully saturated rings. The summed E-state index contributed by atoms with van der Waals surface area (Å²) in [5, 5.41) is 43.6. The van der Waals surface area contributed by atoms with Gasteiger partial charge in [0, 0.05) is 18.4 Å². The third kappa shape index (κ3) is 14.1. The van der Waals surface area contributed by atoms with Crippen molar-refractivity contribution in [2.45, 2.75) is 83.5 Å². The van der Waals surface area contributed by atoms with E-state index in [2.05, 4.69) is 5.32 Å². The summed E-state index contributed by atoms with van der Waals surface area (Å²) in [5.41, 5.74) is 3.46. The molecule has 2 aliphatic heterocycles. The second-order valence-electron chi connectivity index (χ2n) is 18.6. The zero-order valence-electron chi connectivity index (χ0n) is 39.8. The molecule has 4 N–H and O–H groups in total. The van der Waals surface area contributed by atoms with E-state index in [-0.39, 0.29) is 43.7 Å². The molecular weight excluding hydrogens is 899 g/mol. The minimum absolute atomic E-state index is 0.0771. The van der Waals surface area contributed by atoms with Gasteiger partial charge in [-0.15, -0.1) is 0 Å². The Labute approximate surface area is 407 Å². The van der Waals surface area contributed by atoms with Gasteiger partial charge in [0.2, 0.25) is 5.91 Å². The molecule has 2 heterocycles. The maximum atomic E-state index is 13.5. The molecule has 15 nitrogen and oxygen atoms in total. The summed E-state index contributed by atoms with van der Waals surface area (Å²) in [5.74, 6) is -15.7. The number of rotatable bonds is 23. The maximum Gasteiger partial charge on any atom is 0.317 e. The third-order valence-electron chi connectivity index (χ3n) is 14.0. The Morgan fingerprint density at radius 2 is 1.00 bits per heavy atom. The molecule has 70 heavy (non-hydrogen) atoms. The Hall–Kier alpha value is -7.00. The lowest BCUT2D eigenvalue weighted by Crippen LogP contribution is -2.44. The molecule has 0 bridgehead atoms. The first-order chi connectivity index (χ1) is 33.4. The highest BCUT2D eigenvalue weighted by atomic mass is 16.6. The standard InChI is InChI=1S/C28H35NO8.C27H28O6/c1-17(19-9-5-3-6-10-19)15-23(28(36)37)24(25(31)29-13-14-30)22(20-11-7-4-8-12-20)16-21(27(34)35)18(2)26(32)33;1-16(18-9-5-3-6-10-18)13-22-23(27(31)33-26(22)30)15-20(19-11-7-4-8-12-19)14-21-17(2)24(28)32-25(21)29/h3-12,17-18,21-24,30H,13-16H2,1-2H3,(H,29,31)(H,32,33)(H,34,35)(H,36,37);3-12,16-17,20-23H,13-15H2,1-2H3/p-1. The first-order valence-corrected chi connectivity index (χ1v) is 23.7. The largest absolute Gasteiger partial charge is 0.550 e. The Balaban J connectivity index is 0.000000262. The van der Waals surface area contributed by atoms with E-state index in [1.54, 1.807) is 37.3 Å². The van der Waals surface area contributed by atoms with Gasteiger partial charge in [0.25, 0.3) is 0 Å². The van der Waals surface area contributed by atoms with Gasteiger partial charge < -0.3 is 40.0 Å². The summed E-state index contributed by atoms with van der Waals surface area (Å²) < 4.78 is 9.90. The van der Waals surface area contributed by atoms with Crippen molar-refractivity contribution in [3.8, 4) is 0 Å². The normalized spacial score (nSPS) is 21.0. The number of ether oxygens (including phenoxy) is 2. The van der Waals surface area contributed by atoms with E-state index >= 15 is 0 Å². The number of aliphatic carboxylic acids is 3. The fraction of sp³-hybridized carbons (Fsp3) is 0.418. The number of carboxylic acids is 3. The van der Waals surface area contributed by atoms with Crippen molar-refractivity contribution in [2.75, 3.05) is 13.2 Å². The van der Waals surface area contributed by atoms with Crippen LogP contribution in [0.4, 0.5) is 0 Å². The molecule has 1 amide bonds. The van der Waals surface area contributed by atoms with Gasteiger partial charge in [0.05, 0.1) is 48.0 Å². The van der Waals surface area contributed by atoms with Gasteiger partial charge in [-0.05, 0) is 78.0 Å². The van der Waals surface area contributed by atoms with Crippen LogP contribution in [0, 0.1) is 47.3 Å². The van der Waals surface area contributed by atoms with Crippen molar-refractivity contribution in [1.29, 1.82) is 0 Å². The van der Waals surface area contributed by atoms with Crippen LogP contribution >= 0.6 is 0 Å². The van der Waals surface area contributed by atoms with Gasteiger partial charge in [-0.25, -0.2) is 0 Å². The zero-order chi connectivity index (χ0) is 51.1. The van der Waals surface area contributed by atoms with Crippen LogP contribution < -0.4 is 10.4 Å². The van der Waals surface area contributed by atoms with E-state index in [4.69, 9.17) is 9.47 Å². The molecule has 0 saturated carbocycles. The van der Waals surface area contributed by atoms with Crippen molar-refractivity contribution in [1.82, 2.24) is 5.32 Å².